The summed E-state index contributed by atoms with van der Waals surface area (Å²) in [5.74, 6) is 1.28. The monoisotopic (exact) mass is 1830 g/mol. The van der Waals surface area contributed by atoms with Crippen LogP contribution in [0.15, 0.2) is 449 Å². The van der Waals surface area contributed by atoms with Crippen LogP contribution in [-0.4, -0.2) is 27.9 Å². The van der Waals surface area contributed by atoms with Crippen LogP contribution in [0.5, 0.6) is 5.75 Å². The maximum atomic E-state index is 14.6. The predicted molar refractivity (Wildman–Crippen MR) is 565 cm³/mol. The smallest absolute Gasteiger partial charge is 0.311 e. The summed E-state index contributed by atoms with van der Waals surface area (Å²) in [7, 11) is 0. The molecule has 0 atom stereocenters. The quantitative estimate of drug-likeness (QED) is 0.0633. The minimum Gasteiger partial charge on any atom is -0.487 e. The maximum absolute atomic E-state index is 14.6. The van der Waals surface area contributed by atoms with Crippen LogP contribution in [0.25, 0.3) is 0 Å². The second-order valence-corrected chi connectivity index (χ2v) is 47.9. The lowest BCUT2D eigenvalue weighted by Crippen LogP contribution is -2.69. The number of benzene rings is 14. The lowest BCUT2D eigenvalue weighted by atomic mass is 9.32. The third-order valence-electron chi connectivity index (χ3n) is 37.5. The largest absolute Gasteiger partial charge is 0.487 e. The molecule has 140 heavy (non-hydrogen) atoms. The number of aromatic nitrogens is 1. The average Bonchev–Trinajstić information content (AvgIpc) is 0.690. The molecule has 5 heteroatoms. The van der Waals surface area contributed by atoms with Crippen LogP contribution in [0.2, 0.25) is 0 Å². The van der Waals surface area contributed by atoms with Gasteiger partial charge in [-0.3, -0.25) is 14.6 Å². The lowest BCUT2D eigenvalue weighted by Gasteiger charge is -2.71. The number of Topliss-reactive ketones (excluding diaryl/α,β-unsaturated/α-hetero) is 1. The van der Waals surface area contributed by atoms with Crippen molar-refractivity contribution in [2.24, 2.45) is 10.8 Å². The van der Waals surface area contributed by atoms with Gasteiger partial charge in [0.25, 0.3) is 0 Å². The highest BCUT2D eigenvalue weighted by Gasteiger charge is 2.76. The van der Waals surface area contributed by atoms with Crippen molar-refractivity contribution >= 4 is 11.8 Å². The van der Waals surface area contributed by atoms with Crippen LogP contribution in [0.1, 0.15) is 258 Å². The molecule has 1 aromatic heterocycles. The summed E-state index contributed by atoms with van der Waals surface area (Å²) in [6, 6.07) is 162. The minimum atomic E-state index is -0.525. The normalized spacial score (nSPS) is 33.1. The number of hydrogen-bond acceptors (Lipinski definition) is 5. The van der Waals surface area contributed by atoms with Crippen molar-refractivity contribution < 1.29 is 19.1 Å². The Kier molecular flexibility index (Phi) is 21.8. The molecule has 31 rings (SSSR count). The van der Waals surface area contributed by atoms with Gasteiger partial charge in [-0.2, -0.15) is 0 Å². The van der Waals surface area contributed by atoms with Crippen LogP contribution >= 0.6 is 0 Å². The molecule has 16 fully saturated rings. The number of carbonyl (C=O) groups is 2. The zero-order valence-corrected chi connectivity index (χ0v) is 81.8. The third kappa shape index (κ3) is 15.3. The first kappa shape index (κ1) is 89.8. The van der Waals surface area contributed by atoms with Crippen LogP contribution in [-0.2, 0) is 79.9 Å². The van der Waals surface area contributed by atoms with Gasteiger partial charge >= 0.3 is 5.97 Å². The molecule has 0 amide bonds. The molecule has 0 radical (unpaired) electrons. The molecule has 15 aromatic rings. The van der Waals surface area contributed by atoms with Crippen LogP contribution in [0.3, 0.4) is 0 Å². The second kappa shape index (κ2) is 34.0. The SMILES string of the molecule is CC(C)(C)C(=O)OC12CC3(c4ccccc4)CC(c4ccccc4)(C1)CC(c1ccccc1)(C2)C3.O=C(c1ccccc1)C12CC3(c4ccccc4)CC(c4ccccc4)(C1)CC(c1ccccc1)(C2)C3.c1ccc(C23CC4(c5ccccc5)CC(c5ccccc5)(C2)CC(c2ccccn2)(C3)C4)cc1.c1ccc(OC23CC4(c5ccccc5)CC(c5ccccc5)(C2)CC(c2ccccc2)(C3)C4)cc1. The number of ether oxygens (including phenoxy) is 2. The van der Waals surface area contributed by atoms with Gasteiger partial charge in [0, 0.05) is 60.8 Å². The van der Waals surface area contributed by atoms with Gasteiger partial charge < -0.3 is 9.47 Å². The van der Waals surface area contributed by atoms with E-state index in [9.17, 15) is 9.59 Å². The molecule has 16 bridgehead atoms. The van der Waals surface area contributed by atoms with Crippen molar-refractivity contribution in [3.63, 3.8) is 0 Å². The molecule has 5 nitrogen and oxygen atoms in total. The maximum Gasteiger partial charge on any atom is 0.311 e. The van der Waals surface area contributed by atoms with E-state index < -0.39 is 11.0 Å². The van der Waals surface area contributed by atoms with E-state index >= 15 is 0 Å². The summed E-state index contributed by atoms with van der Waals surface area (Å²) in [5.41, 5.74) is 18.7. The number of pyridine rings is 1. The Morgan fingerprint density at radius 3 is 0.607 bits per heavy atom. The molecule has 16 aliphatic carbocycles. The fourth-order valence-electron chi connectivity index (χ4n) is 34.9. The average molecular weight is 1830 g/mol. The van der Waals surface area contributed by atoms with E-state index in [1.807, 2.05) is 57.3 Å². The standard InChI is InChI=1S/C35H32O.C34H32O.C33H31N.C33H36O2/c36-31(27-13-5-1-6-14-27)35-24-32(28-15-7-2-8-16-28)21-33(25-35,29-17-9-3-10-18-29)23-34(22-32,26-35)30-19-11-4-12-20-30;1-5-13-27(14-6-1)31-21-32(28-15-7-2-8-16-28)23-33(22-31,29-17-9-3-10-18-29)26-34(24-31,25-32)35-30-19-11-4-12-20-30;1-4-12-26(13-5-1)30-20-31(27-14-6-2-7-15-27)22-32(21-30,28-16-8-3-9-17-28)25-33(23-30,24-31)29-18-10-11-19-34-29;1-29(2,3)28(34)35-33-22-30(25-13-7-4-8-14-25)19-31(23-33,26-15-9-5-10-16-26)21-32(20-30,24-33)27-17-11-6-12-18-27/h1-20H,21-26H2;1-20H,21-26H2;1-19H,20-25H2;4-18H,19-24H2,1-3H3. The fourth-order valence-corrected chi connectivity index (χ4v) is 34.9. The topological polar surface area (TPSA) is 65.5 Å². The summed E-state index contributed by atoms with van der Waals surface area (Å²) in [4.78, 5) is 33.1. The van der Waals surface area contributed by atoms with Crippen LogP contribution in [0.4, 0.5) is 0 Å². The van der Waals surface area contributed by atoms with Crippen molar-refractivity contribution in [3.05, 3.63) is 527 Å². The van der Waals surface area contributed by atoms with Gasteiger partial charge in [-0.15, -0.1) is 0 Å². The molecular weight excluding hydrogens is 1700 g/mol. The summed E-state index contributed by atoms with van der Waals surface area (Å²) in [5, 5.41) is 0. The summed E-state index contributed by atoms with van der Waals surface area (Å²) >= 11 is 0. The Morgan fingerprint density at radius 1 is 0.207 bits per heavy atom. The van der Waals surface area contributed by atoms with E-state index in [4.69, 9.17) is 14.5 Å². The molecule has 14 aromatic carbocycles. The number of carbonyl (C=O) groups excluding carboxylic acids is 2. The third-order valence-corrected chi connectivity index (χ3v) is 37.5. The second-order valence-electron chi connectivity index (χ2n) is 47.9. The zero-order chi connectivity index (χ0) is 94.7. The molecule has 0 N–H and O–H groups in total. The van der Waals surface area contributed by atoms with E-state index in [0.717, 1.165) is 108 Å². The molecule has 0 spiro atoms. The lowest BCUT2D eigenvalue weighted by molar-refractivity contribution is -0.208. The number of ketones is 1. The number of para-hydroxylation sites is 1. The Bertz CT molecular complexity index is 6240. The summed E-state index contributed by atoms with van der Waals surface area (Å²) in [6.45, 7) is 5.92. The molecule has 1 heterocycles. The predicted octanol–water partition coefficient (Wildman–Crippen LogP) is 31.1. The first-order valence-corrected chi connectivity index (χ1v) is 52.2. The van der Waals surface area contributed by atoms with Gasteiger partial charge in [0.1, 0.15) is 17.0 Å². The highest BCUT2D eigenvalue weighted by molar-refractivity contribution is 6.01. The number of esters is 1. The van der Waals surface area contributed by atoms with E-state index in [-0.39, 0.29) is 87.4 Å². The van der Waals surface area contributed by atoms with Crippen molar-refractivity contribution in [2.75, 3.05) is 0 Å². The Hall–Kier alpha value is -12.8. The first-order valence-electron chi connectivity index (χ1n) is 52.2. The van der Waals surface area contributed by atoms with Gasteiger partial charge in [-0.1, -0.05) is 419 Å². The van der Waals surface area contributed by atoms with Gasteiger partial charge in [-0.25, -0.2) is 0 Å². The van der Waals surface area contributed by atoms with Gasteiger partial charge in [-0.05, 0) is 298 Å². The highest BCUT2D eigenvalue weighted by atomic mass is 16.6. The van der Waals surface area contributed by atoms with E-state index in [1.165, 1.54) is 130 Å². The fraction of sp³-hybridized carbons (Fsp3) is 0.326. The van der Waals surface area contributed by atoms with Gasteiger partial charge in [0.2, 0.25) is 0 Å². The summed E-state index contributed by atoms with van der Waals surface area (Å²) in [6.07, 6.45) is 28.4. The molecule has 16 aliphatic rings. The van der Waals surface area contributed by atoms with Gasteiger partial charge in [0.15, 0.2) is 5.78 Å². The van der Waals surface area contributed by atoms with Crippen molar-refractivity contribution in [1.82, 2.24) is 4.98 Å². The molecule has 0 saturated heterocycles. The zero-order valence-electron chi connectivity index (χ0n) is 81.8. The van der Waals surface area contributed by atoms with E-state index in [1.54, 1.807) is 0 Å². The number of nitrogens with zero attached hydrogens (tertiary/aromatic N) is 1. The highest BCUT2D eigenvalue weighted by Crippen LogP contribution is 2.79. The van der Waals surface area contributed by atoms with E-state index in [0.29, 0.717) is 5.78 Å². The number of rotatable bonds is 18. The molecule has 0 unspecified atom stereocenters. The number of hydrogen-bond donors (Lipinski definition) is 0. The molecule has 0 aliphatic heterocycles. The van der Waals surface area contributed by atoms with Crippen molar-refractivity contribution in [2.45, 2.75) is 256 Å². The molecular formula is C135H131NO4. The summed E-state index contributed by atoms with van der Waals surface area (Å²) < 4.78 is 13.9. The van der Waals surface area contributed by atoms with Crippen molar-refractivity contribution in [3.8, 4) is 5.75 Å². The Morgan fingerprint density at radius 2 is 0.393 bits per heavy atom. The van der Waals surface area contributed by atoms with Gasteiger partial charge in [0.05, 0.1) is 5.41 Å². The van der Waals surface area contributed by atoms with Crippen LogP contribution < -0.4 is 4.74 Å². The van der Waals surface area contributed by atoms with Crippen molar-refractivity contribution in [1.29, 1.82) is 0 Å². The molecule has 700 valence electrons. The Labute approximate surface area is 830 Å². The Balaban J connectivity index is 0.000000101. The first-order chi connectivity index (χ1) is 68.1. The molecule has 16 saturated carbocycles. The van der Waals surface area contributed by atoms with Crippen LogP contribution in [0, 0.1) is 10.8 Å². The van der Waals surface area contributed by atoms with E-state index in [2.05, 4.69) is 413 Å². The minimum absolute atomic E-state index is 0.0217.